The lowest BCUT2D eigenvalue weighted by atomic mass is 9.90. The third-order valence-electron chi connectivity index (χ3n) is 4.43. The summed E-state index contributed by atoms with van der Waals surface area (Å²) < 4.78 is 0. The van der Waals surface area contributed by atoms with Crippen LogP contribution in [0.15, 0.2) is 53.5 Å². The molecule has 2 aromatic heterocycles. The van der Waals surface area contributed by atoms with Crippen molar-refractivity contribution in [3.63, 3.8) is 0 Å². The van der Waals surface area contributed by atoms with Gasteiger partial charge in [0.25, 0.3) is 0 Å². The minimum Gasteiger partial charge on any atom is -0.326 e. The molecule has 1 aromatic carbocycles. The Balaban J connectivity index is 0.00000169. The van der Waals surface area contributed by atoms with Crippen LogP contribution in [-0.4, -0.2) is 24.0 Å². The summed E-state index contributed by atoms with van der Waals surface area (Å²) in [5, 5.41) is 12.8. The first-order chi connectivity index (χ1) is 11.3. The highest BCUT2D eigenvalue weighted by atomic mass is 32.1. The average molecular weight is 339 g/mol. The number of hydrogen-bond acceptors (Lipinski definition) is 4. The maximum Gasteiger partial charge on any atom is 0.229 e. The molecular formula is C19H21N3OS. The standard InChI is InChI=1S/C18H17N3OS.CH4/c22-18(17-10-20-9-16(17)14-4-6-23-11-14)21-15-2-1-13-8-19-5-3-12(13)7-15;/h1-8,11,16-17,20H,9-10H2,(H,21,22);1H4/t16-,17+;/m0./s1. The number of pyridine rings is 1. The predicted molar refractivity (Wildman–Crippen MR) is 101 cm³/mol. The maximum absolute atomic E-state index is 12.7. The number of nitrogens with zero attached hydrogens (tertiary/aromatic N) is 1. The SMILES string of the molecule is C.O=C(Nc1ccc2cnccc2c1)[C@@H]1CNC[C@H]1c1ccsc1. The van der Waals surface area contributed by atoms with Crippen molar-refractivity contribution in [2.45, 2.75) is 13.3 Å². The fourth-order valence-electron chi connectivity index (χ4n) is 3.19. The Bertz CT molecular complexity index is 832. The quantitative estimate of drug-likeness (QED) is 0.761. The van der Waals surface area contributed by atoms with E-state index in [9.17, 15) is 4.79 Å². The number of amides is 1. The molecule has 124 valence electrons. The van der Waals surface area contributed by atoms with Crippen LogP contribution in [0, 0.1) is 5.92 Å². The summed E-state index contributed by atoms with van der Waals surface area (Å²) in [4.78, 5) is 16.8. The minimum absolute atomic E-state index is 0. The fraction of sp³-hybridized carbons (Fsp3) is 0.263. The van der Waals surface area contributed by atoms with E-state index in [0.717, 1.165) is 29.5 Å². The summed E-state index contributed by atoms with van der Waals surface area (Å²) in [6, 6.07) is 9.99. The molecule has 0 saturated carbocycles. The lowest BCUT2D eigenvalue weighted by molar-refractivity contribution is -0.119. The number of thiophene rings is 1. The van der Waals surface area contributed by atoms with E-state index in [1.807, 2.05) is 30.5 Å². The third-order valence-corrected chi connectivity index (χ3v) is 5.13. The lowest BCUT2D eigenvalue weighted by Crippen LogP contribution is -2.27. The number of nitrogens with one attached hydrogen (secondary N) is 2. The van der Waals surface area contributed by atoms with Gasteiger partial charge in [0.15, 0.2) is 0 Å². The van der Waals surface area contributed by atoms with Gasteiger partial charge >= 0.3 is 0 Å². The summed E-state index contributed by atoms with van der Waals surface area (Å²) in [7, 11) is 0. The average Bonchev–Trinajstić information content (AvgIpc) is 3.25. The number of fused-ring (bicyclic) bond motifs is 1. The number of aromatic nitrogens is 1. The summed E-state index contributed by atoms with van der Waals surface area (Å²) in [6.07, 6.45) is 3.59. The third kappa shape index (κ3) is 3.18. The largest absolute Gasteiger partial charge is 0.326 e. The normalized spacial score (nSPS) is 19.8. The zero-order valence-electron chi connectivity index (χ0n) is 12.5. The Morgan fingerprint density at radius 1 is 1.21 bits per heavy atom. The molecule has 1 amide bonds. The van der Waals surface area contributed by atoms with E-state index >= 15 is 0 Å². The van der Waals surface area contributed by atoms with Crippen molar-refractivity contribution >= 4 is 33.7 Å². The van der Waals surface area contributed by atoms with Crippen molar-refractivity contribution in [2.24, 2.45) is 5.92 Å². The van der Waals surface area contributed by atoms with Crippen molar-refractivity contribution < 1.29 is 4.79 Å². The molecule has 0 radical (unpaired) electrons. The van der Waals surface area contributed by atoms with Crippen molar-refractivity contribution in [1.82, 2.24) is 10.3 Å². The molecule has 2 N–H and O–H groups in total. The molecule has 1 fully saturated rings. The predicted octanol–water partition coefficient (Wildman–Crippen LogP) is 3.87. The van der Waals surface area contributed by atoms with Gasteiger partial charge in [-0.15, -0.1) is 0 Å². The van der Waals surface area contributed by atoms with Crippen molar-refractivity contribution in [2.75, 3.05) is 18.4 Å². The van der Waals surface area contributed by atoms with Gasteiger partial charge in [0.05, 0.1) is 5.92 Å². The summed E-state index contributed by atoms with van der Waals surface area (Å²) in [6.45, 7) is 1.59. The second-order valence-corrected chi connectivity index (χ2v) is 6.63. The molecule has 24 heavy (non-hydrogen) atoms. The van der Waals surface area contributed by atoms with Crippen LogP contribution in [0.25, 0.3) is 10.8 Å². The number of carbonyl (C=O) groups is 1. The maximum atomic E-state index is 12.7. The Hall–Kier alpha value is -2.24. The molecule has 1 aliphatic rings. The molecule has 4 nitrogen and oxygen atoms in total. The molecule has 3 aromatic rings. The van der Waals surface area contributed by atoms with E-state index in [1.165, 1.54) is 5.56 Å². The number of anilines is 1. The smallest absolute Gasteiger partial charge is 0.229 e. The summed E-state index contributed by atoms with van der Waals surface area (Å²) in [5.74, 6) is 0.309. The zero-order chi connectivity index (χ0) is 15.6. The number of benzene rings is 1. The van der Waals surface area contributed by atoms with Gasteiger partial charge in [0.1, 0.15) is 0 Å². The van der Waals surface area contributed by atoms with Crippen molar-refractivity contribution in [3.05, 3.63) is 59.0 Å². The van der Waals surface area contributed by atoms with Crippen molar-refractivity contribution in [1.29, 1.82) is 0 Å². The van der Waals surface area contributed by atoms with Gasteiger partial charge < -0.3 is 10.6 Å². The Labute approximate surface area is 145 Å². The van der Waals surface area contributed by atoms with E-state index in [2.05, 4.69) is 32.4 Å². The topological polar surface area (TPSA) is 54.0 Å². The summed E-state index contributed by atoms with van der Waals surface area (Å²) >= 11 is 1.68. The van der Waals surface area contributed by atoms with E-state index in [0.29, 0.717) is 0 Å². The number of carbonyl (C=O) groups excluding carboxylic acids is 1. The molecule has 2 atom stereocenters. The molecule has 3 heterocycles. The second kappa shape index (κ2) is 7.11. The highest BCUT2D eigenvalue weighted by molar-refractivity contribution is 7.08. The Kier molecular flexibility index (Phi) is 4.92. The molecule has 5 heteroatoms. The molecule has 0 aliphatic carbocycles. The molecule has 0 unspecified atom stereocenters. The van der Waals surface area contributed by atoms with Gasteiger partial charge in [-0.05, 0) is 46.0 Å². The second-order valence-electron chi connectivity index (χ2n) is 5.85. The monoisotopic (exact) mass is 339 g/mol. The van der Waals surface area contributed by atoms with E-state index in [1.54, 1.807) is 17.5 Å². The van der Waals surface area contributed by atoms with Crippen molar-refractivity contribution in [3.8, 4) is 0 Å². The van der Waals surface area contributed by atoms with E-state index in [-0.39, 0.29) is 25.2 Å². The van der Waals surface area contributed by atoms with Gasteiger partial charge in [0, 0.05) is 42.5 Å². The van der Waals surface area contributed by atoms with Crippen LogP contribution < -0.4 is 10.6 Å². The minimum atomic E-state index is -0.0299. The molecule has 0 spiro atoms. The van der Waals surface area contributed by atoms with Crippen LogP contribution in [0.5, 0.6) is 0 Å². The Morgan fingerprint density at radius 2 is 2.12 bits per heavy atom. The molecule has 0 bridgehead atoms. The van der Waals surface area contributed by atoms with Gasteiger partial charge in [0.2, 0.25) is 5.91 Å². The highest BCUT2D eigenvalue weighted by Crippen LogP contribution is 2.30. The van der Waals surface area contributed by atoms with Crippen LogP contribution in [-0.2, 0) is 4.79 Å². The van der Waals surface area contributed by atoms with Crippen LogP contribution in [0.4, 0.5) is 5.69 Å². The first kappa shape index (κ1) is 16.6. The number of rotatable bonds is 3. The Morgan fingerprint density at radius 3 is 2.96 bits per heavy atom. The van der Waals surface area contributed by atoms with Crippen LogP contribution in [0.3, 0.4) is 0 Å². The van der Waals surface area contributed by atoms with Crippen LogP contribution in [0.2, 0.25) is 0 Å². The van der Waals surface area contributed by atoms with E-state index < -0.39 is 0 Å². The van der Waals surface area contributed by atoms with E-state index in [4.69, 9.17) is 0 Å². The molecule has 4 rings (SSSR count). The van der Waals surface area contributed by atoms with Gasteiger partial charge in [-0.2, -0.15) is 11.3 Å². The molecule has 1 aliphatic heterocycles. The van der Waals surface area contributed by atoms with Crippen LogP contribution >= 0.6 is 11.3 Å². The first-order valence-corrected chi connectivity index (χ1v) is 8.63. The lowest BCUT2D eigenvalue weighted by Gasteiger charge is -2.17. The highest BCUT2D eigenvalue weighted by Gasteiger charge is 2.34. The summed E-state index contributed by atoms with van der Waals surface area (Å²) in [5.41, 5.74) is 2.09. The van der Waals surface area contributed by atoms with Gasteiger partial charge in [-0.3, -0.25) is 9.78 Å². The van der Waals surface area contributed by atoms with Gasteiger partial charge in [-0.1, -0.05) is 13.5 Å². The zero-order valence-corrected chi connectivity index (χ0v) is 13.3. The molecular weight excluding hydrogens is 318 g/mol. The van der Waals surface area contributed by atoms with Gasteiger partial charge in [-0.25, -0.2) is 0 Å². The van der Waals surface area contributed by atoms with Crippen LogP contribution in [0.1, 0.15) is 18.9 Å². The fourth-order valence-corrected chi connectivity index (χ4v) is 3.91. The number of hydrogen-bond donors (Lipinski definition) is 2. The first-order valence-electron chi connectivity index (χ1n) is 7.69. The molecule has 1 saturated heterocycles.